The fraction of sp³-hybridized carbons (Fsp3) is 0.188. The molecule has 0 aliphatic carbocycles. The smallest absolute Gasteiger partial charge is 0.182 e. The van der Waals surface area contributed by atoms with Crippen molar-refractivity contribution in [1.29, 1.82) is 0 Å². The fourth-order valence-corrected chi connectivity index (χ4v) is 2.31. The Balaban J connectivity index is 1.80. The molecule has 1 aromatic heterocycles. The van der Waals surface area contributed by atoms with Crippen LogP contribution in [0.4, 0.5) is 5.69 Å². The Kier molecular flexibility index (Phi) is 3.64. The minimum Gasteiger partial charge on any atom is -0.399 e. The summed E-state index contributed by atoms with van der Waals surface area (Å²) >= 11 is 0. The SMILES string of the molecule is Cc1ccccc1CCn1nnnc1-c1ccc(N)cc1. The molecular formula is C16H17N5. The maximum Gasteiger partial charge on any atom is 0.182 e. The van der Waals surface area contributed by atoms with Gasteiger partial charge in [-0.05, 0) is 59.2 Å². The van der Waals surface area contributed by atoms with Crippen molar-refractivity contribution in [3.05, 3.63) is 59.7 Å². The molecule has 2 N–H and O–H groups in total. The van der Waals surface area contributed by atoms with Gasteiger partial charge in [0.05, 0.1) is 0 Å². The molecule has 0 fully saturated rings. The number of nitrogen functional groups attached to an aromatic ring is 1. The monoisotopic (exact) mass is 279 g/mol. The second-order valence-electron chi connectivity index (χ2n) is 5.02. The van der Waals surface area contributed by atoms with E-state index < -0.39 is 0 Å². The molecule has 0 radical (unpaired) electrons. The lowest BCUT2D eigenvalue weighted by Crippen LogP contribution is -2.06. The van der Waals surface area contributed by atoms with Crippen LogP contribution in [0.3, 0.4) is 0 Å². The van der Waals surface area contributed by atoms with Gasteiger partial charge in [-0.1, -0.05) is 24.3 Å². The van der Waals surface area contributed by atoms with E-state index in [1.54, 1.807) is 0 Å². The lowest BCUT2D eigenvalue weighted by molar-refractivity contribution is 0.593. The first-order valence-electron chi connectivity index (χ1n) is 6.90. The van der Waals surface area contributed by atoms with Crippen molar-refractivity contribution in [2.24, 2.45) is 0 Å². The van der Waals surface area contributed by atoms with E-state index in [9.17, 15) is 0 Å². The van der Waals surface area contributed by atoms with E-state index >= 15 is 0 Å². The van der Waals surface area contributed by atoms with Crippen molar-refractivity contribution < 1.29 is 0 Å². The number of rotatable bonds is 4. The van der Waals surface area contributed by atoms with E-state index in [-0.39, 0.29) is 0 Å². The summed E-state index contributed by atoms with van der Waals surface area (Å²) in [4.78, 5) is 0. The predicted octanol–water partition coefficient (Wildman–Crippen LogP) is 2.47. The van der Waals surface area contributed by atoms with E-state index in [0.717, 1.165) is 30.0 Å². The molecule has 106 valence electrons. The number of tetrazole rings is 1. The molecule has 0 aliphatic rings. The van der Waals surface area contributed by atoms with Crippen molar-refractivity contribution in [2.45, 2.75) is 19.9 Å². The maximum atomic E-state index is 5.71. The second kappa shape index (κ2) is 5.75. The Bertz CT molecular complexity index is 730. The summed E-state index contributed by atoms with van der Waals surface area (Å²) in [7, 11) is 0. The van der Waals surface area contributed by atoms with E-state index in [1.165, 1.54) is 11.1 Å². The van der Waals surface area contributed by atoms with Crippen molar-refractivity contribution in [2.75, 3.05) is 5.73 Å². The molecule has 0 spiro atoms. The molecule has 5 heteroatoms. The number of benzene rings is 2. The summed E-state index contributed by atoms with van der Waals surface area (Å²) < 4.78 is 1.83. The Morgan fingerprint density at radius 2 is 1.81 bits per heavy atom. The van der Waals surface area contributed by atoms with Gasteiger partial charge in [0.2, 0.25) is 0 Å². The van der Waals surface area contributed by atoms with Gasteiger partial charge in [0.25, 0.3) is 0 Å². The molecule has 0 bridgehead atoms. The zero-order valence-corrected chi connectivity index (χ0v) is 11.9. The number of nitrogens with zero attached hydrogens (tertiary/aromatic N) is 4. The Morgan fingerprint density at radius 3 is 2.57 bits per heavy atom. The minimum absolute atomic E-state index is 0.734. The van der Waals surface area contributed by atoms with E-state index in [0.29, 0.717) is 0 Å². The lowest BCUT2D eigenvalue weighted by Gasteiger charge is -2.07. The zero-order valence-electron chi connectivity index (χ0n) is 11.9. The van der Waals surface area contributed by atoms with Crippen LogP contribution < -0.4 is 5.73 Å². The Morgan fingerprint density at radius 1 is 1.05 bits per heavy atom. The van der Waals surface area contributed by atoms with Gasteiger partial charge in [0.15, 0.2) is 5.82 Å². The van der Waals surface area contributed by atoms with Gasteiger partial charge in [-0.25, -0.2) is 4.68 Å². The maximum absolute atomic E-state index is 5.71. The number of nitrogens with two attached hydrogens (primary N) is 1. The molecule has 0 saturated carbocycles. The molecule has 0 saturated heterocycles. The topological polar surface area (TPSA) is 69.6 Å². The van der Waals surface area contributed by atoms with E-state index in [1.807, 2.05) is 28.9 Å². The third-order valence-electron chi connectivity index (χ3n) is 3.55. The van der Waals surface area contributed by atoms with Crippen LogP contribution in [-0.2, 0) is 13.0 Å². The zero-order chi connectivity index (χ0) is 14.7. The van der Waals surface area contributed by atoms with Crippen LogP contribution in [0.5, 0.6) is 0 Å². The summed E-state index contributed by atoms with van der Waals surface area (Å²) in [5.74, 6) is 0.767. The number of hydrogen-bond acceptors (Lipinski definition) is 4. The van der Waals surface area contributed by atoms with Crippen LogP contribution in [0.15, 0.2) is 48.5 Å². The average Bonchev–Trinajstić information content (AvgIpc) is 2.96. The summed E-state index contributed by atoms with van der Waals surface area (Å²) in [6.45, 7) is 2.87. The first kappa shape index (κ1) is 13.3. The number of anilines is 1. The quantitative estimate of drug-likeness (QED) is 0.745. The molecule has 0 unspecified atom stereocenters. The molecular weight excluding hydrogens is 262 g/mol. The first-order valence-corrected chi connectivity index (χ1v) is 6.90. The van der Waals surface area contributed by atoms with E-state index in [4.69, 9.17) is 5.73 Å². The van der Waals surface area contributed by atoms with E-state index in [2.05, 4.69) is 46.7 Å². The normalized spacial score (nSPS) is 10.7. The highest BCUT2D eigenvalue weighted by molar-refractivity contribution is 5.58. The molecule has 5 nitrogen and oxygen atoms in total. The van der Waals surface area contributed by atoms with Crippen LogP contribution in [0.2, 0.25) is 0 Å². The molecule has 0 amide bonds. The highest BCUT2D eigenvalue weighted by Crippen LogP contribution is 2.18. The molecule has 1 heterocycles. The molecule has 3 aromatic rings. The van der Waals surface area contributed by atoms with Crippen molar-refractivity contribution in [3.63, 3.8) is 0 Å². The largest absolute Gasteiger partial charge is 0.399 e. The highest BCUT2D eigenvalue weighted by Gasteiger charge is 2.09. The van der Waals surface area contributed by atoms with Gasteiger partial charge in [0, 0.05) is 17.8 Å². The van der Waals surface area contributed by atoms with Crippen LogP contribution >= 0.6 is 0 Å². The number of aryl methyl sites for hydroxylation is 3. The molecule has 0 atom stereocenters. The van der Waals surface area contributed by atoms with Gasteiger partial charge >= 0.3 is 0 Å². The number of aromatic nitrogens is 4. The molecule has 3 rings (SSSR count). The van der Waals surface area contributed by atoms with Crippen molar-refractivity contribution in [1.82, 2.24) is 20.2 Å². The lowest BCUT2D eigenvalue weighted by atomic mass is 10.1. The minimum atomic E-state index is 0.734. The Labute approximate surface area is 123 Å². The van der Waals surface area contributed by atoms with Crippen LogP contribution in [0.1, 0.15) is 11.1 Å². The summed E-state index contributed by atoms with van der Waals surface area (Å²) in [5, 5.41) is 12.0. The van der Waals surface area contributed by atoms with Gasteiger partial charge in [-0.3, -0.25) is 0 Å². The van der Waals surface area contributed by atoms with Crippen LogP contribution in [-0.4, -0.2) is 20.2 Å². The highest BCUT2D eigenvalue weighted by atomic mass is 15.5. The standard InChI is InChI=1S/C16H17N5/c1-12-4-2-3-5-13(12)10-11-21-16(18-19-20-21)14-6-8-15(17)9-7-14/h2-9H,10-11,17H2,1H3. The van der Waals surface area contributed by atoms with Gasteiger partial charge in [-0.2, -0.15) is 0 Å². The van der Waals surface area contributed by atoms with Gasteiger partial charge in [-0.15, -0.1) is 5.10 Å². The van der Waals surface area contributed by atoms with Crippen LogP contribution in [0.25, 0.3) is 11.4 Å². The molecule has 21 heavy (non-hydrogen) atoms. The van der Waals surface area contributed by atoms with Crippen molar-refractivity contribution >= 4 is 5.69 Å². The Hall–Kier alpha value is -2.69. The number of hydrogen-bond donors (Lipinski definition) is 1. The first-order chi connectivity index (χ1) is 10.2. The van der Waals surface area contributed by atoms with Gasteiger partial charge in [0.1, 0.15) is 0 Å². The summed E-state index contributed by atoms with van der Waals surface area (Å²) in [6.07, 6.45) is 0.902. The second-order valence-corrected chi connectivity index (χ2v) is 5.02. The third-order valence-corrected chi connectivity index (χ3v) is 3.55. The molecule has 2 aromatic carbocycles. The van der Waals surface area contributed by atoms with Crippen LogP contribution in [0, 0.1) is 6.92 Å². The summed E-state index contributed by atoms with van der Waals surface area (Å²) in [6, 6.07) is 16.0. The predicted molar refractivity (Wildman–Crippen MR) is 82.5 cm³/mol. The fourth-order valence-electron chi connectivity index (χ4n) is 2.31. The van der Waals surface area contributed by atoms with Gasteiger partial charge < -0.3 is 5.73 Å². The third kappa shape index (κ3) is 2.91. The molecule has 0 aliphatic heterocycles. The summed E-state index contributed by atoms with van der Waals surface area (Å²) in [5.41, 5.74) is 10.0. The average molecular weight is 279 g/mol. The van der Waals surface area contributed by atoms with Crippen molar-refractivity contribution in [3.8, 4) is 11.4 Å².